The zero-order chi connectivity index (χ0) is 22.8. The van der Waals surface area contributed by atoms with Crippen molar-refractivity contribution in [3.05, 3.63) is 83.6 Å². The molecule has 5 rings (SSSR count). The van der Waals surface area contributed by atoms with Crippen molar-refractivity contribution in [2.45, 2.75) is 39.8 Å². The van der Waals surface area contributed by atoms with Crippen LogP contribution < -0.4 is 0 Å². The quantitative estimate of drug-likeness (QED) is 0.430. The molecule has 1 aromatic carbocycles. The Kier molecular flexibility index (Phi) is 5.82. The molecule has 0 saturated heterocycles. The fourth-order valence-corrected chi connectivity index (χ4v) is 4.68. The van der Waals surface area contributed by atoms with Gasteiger partial charge in [0.25, 0.3) is 0 Å². The second kappa shape index (κ2) is 9.06. The fourth-order valence-electron chi connectivity index (χ4n) is 4.68. The van der Waals surface area contributed by atoms with E-state index in [2.05, 4.69) is 50.9 Å². The average Bonchev–Trinajstić information content (AvgIpc) is 3.16. The van der Waals surface area contributed by atoms with Crippen LogP contribution in [0.15, 0.2) is 61.1 Å². The highest BCUT2D eigenvalue weighted by atomic mass is 16.6. The van der Waals surface area contributed by atoms with Gasteiger partial charge in [0.2, 0.25) is 0 Å². The molecule has 0 atom stereocenters. The van der Waals surface area contributed by atoms with E-state index in [0.717, 1.165) is 36.2 Å². The minimum absolute atomic E-state index is 0.238. The second-order valence-electron chi connectivity index (χ2n) is 8.48. The first-order valence-corrected chi connectivity index (χ1v) is 11.5. The lowest BCUT2D eigenvalue weighted by Gasteiger charge is -2.27. The van der Waals surface area contributed by atoms with Crippen LogP contribution in [0, 0.1) is 6.92 Å². The molecule has 168 valence electrons. The summed E-state index contributed by atoms with van der Waals surface area (Å²) in [6.07, 6.45) is 7.14. The zero-order valence-corrected chi connectivity index (χ0v) is 19.1. The standard InChI is InChI=1S/C27H28N4O2/c1-3-33-27(32)30-13-11-26-24(18-30)23-15-21(22-5-4-12-28-17-22)8-9-25(23)31(26)14-10-20-7-6-19(2)29-16-20/h4-9,12,15-17H,3,10-11,13-14,18H2,1-2H3. The number of carbonyl (C=O) groups is 1. The number of pyridine rings is 2. The molecule has 4 heterocycles. The van der Waals surface area contributed by atoms with Crippen LogP contribution >= 0.6 is 0 Å². The van der Waals surface area contributed by atoms with Gasteiger partial charge < -0.3 is 14.2 Å². The van der Waals surface area contributed by atoms with Crippen molar-refractivity contribution < 1.29 is 9.53 Å². The maximum Gasteiger partial charge on any atom is 0.410 e. The molecule has 3 aromatic heterocycles. The summed E-state index contributed by atoms with van der Waals surface area (Å²) in [6.45, 7) is 6.36. The molecule has 6 nitrogen and oxygen atoms in total. The molecule has 0 saturated carbocycles. The molecule has 1 aliphatic rings. The molecular formula is C27H28N4O2. The summed E-state index contributed by atoms with van der Waals surface area (Å²) in [5.74, 6) is 0. The van der Waals surface area contributed by atoms with Gasteiger partial charge in [-0.1, -0.05) is 18.2 Å². The number of nitrogens with zero attached hydrogens (tertiary/aromatic N) is 4. The highest BCUT2D eigenvalue weighted by Crippen LogP contribution is 2.34. The average molecular weight is 441 g/mol. The van der Waals surface area contributed by atoms with Gasteiger partial charge >= 0.3 is 6.09 Å². The Morgan fingerprint density at radius 3 is 2.79 bits per heavy atom. The SMILES string of the molecule is CCOC(=O)N1CCc2c(c3cc(-c4cccnc4)ccc3n2CCc2ccc(C)nc2)C1. The smallest absolute Gasteiger partial charge is 0.410 e. The molecule has 33 heavy (non-hydrogen) atoms. The third-order valence-electron chi connectivity index (χ3n) is 6.37. The molecule has 4 aromatic rings. The Morgan fingerprint density at radius 1 is 1.12 bits per heavy atom. The minimum atomic E-state index is -0.238. The molecule has 0 fully saturated rings. The minimum Gasteiger partial charge on any atom is -0.450 e. The molecule has 6 heteroatoms. The lowest BCUT2D eigenvalue weighted by Crippen LogP contribution is -2.36. The van der Waals surface area contributed by atoms with Crippen LogP contribution in [0.5, 0.6) is 0 Å². The molecule has 0 aliphatic carbocycles. The summed E-state index contributed by atoms with van der Waals surface area (Å²) < 4.78 is 7.72. The van der Waals surface area contributed by atoms with Gasteiger partial charge in [-0.3, -0.25) is 9.97 Å². The third-order valence-corrected chi connectivity index (χ3v) is 6.37. The van der Waals surface area contributed by atoms with E-state index in [4.69, 9.17) is 4.74 Å². The Bertz CT molecular complexity index is 1280. The molecule has 1 aliphatic heterocycles. The van der Waals surface area contributed by atoms with E-state index in [9.17, 15) is 4.79 Å². The number of benzene rings is 1. The van der Waals surface area contributed by atoms with E-state index in [-0.39, 0.29) is 6.09 Å². The first kappa shape index (κ1) is 21.2. The normalized spacial score (nSPS) is 13.2. The Hall–Kier alpha value is -3.67. The Labute approximate surface area is 193 Å². The van der Waals surface area contributed by atoms with Crippen LogP contribution in [0.2, 0.25) is 0 Å². The van der Waals surface area contributed by atoms with Crippen molar-refractivity contribution in [1.82, 2.24) is 19.4 Å². The van der Waals surface area contributed by atoms with Crippen LogP contribution in [0.1, 0.15) is 29.4 Å². The number of fused-ring (bicyclic) bond motifs is 3. The van der Waals surface area contributed by atoms with Gasteiger partial charge in [0.1, 0.15) is 0 Å². The van der Waals surface area contributed by atoms with Crippen LogP contribution in [-0.4, -0.2) is 38.7 Å². The van der Waals surface area contributed by atoms with E-state index in [1.165, 1.54) is 27.7 Å². The molecular weight excluding hydrogens is 412 g/mol. The number of ether oxygens (including phenoxy) is 1. The van der Waals surface area contributed by atoms with Gasteiger partial charge in [-0.2, -0.15) is 0 Å². The highest BCUT2D eigenvalue weighted by molar-refractivity contribution is 5.90. The number of hydrogen-bond acceptors (Lipinski definition) is 4. The summed E-state index contributed by atoms with van der Waals surface area (Å²) in [5, 5.41) is 1.20. The second-order valence-corrected chi connectivity index (χ2v) is 8.48. The van der Waals surface area contributed by atoms with Gasteiger partial charge in [-0.25, -0.2) is 4.79 Å². The number of aryl methyl sites for hydroxylation is 3. The molecule has 0 spiro atoms. The number of aromatic nitrogens is 3. The zero-order valence-electron chi connectivity index (χ0n) is 19.1. The van der Waals surface area contributed by atoms with Crippen molar-refractivity contribution >= 4 is 17.0 Å². The number of rotatable bonds is 5. The van der Waals surface area contributed by atoms with Gasteiger partial charge in [-0.05, 0) is 55.7 Å². The van der Waals surface area contributed by atoms with E-state index in [1.807, 2.05) is 37.2 Å². The summed E-state index contributed by atoms with van der Waals surface area (Å²) in [7, 11) is 0. The van der Waals surface area contributed by atoms with Crippen LogP contribution in [0.25, 0.3) is 22.0 Å². The van der Waals surface area contributed by atoms with E-state index in [1.54, 1.807) is 6.20 Å². The predicted octanol–water partition coefficient (Wildman–Crippen LogP) is 5.16. The third kappa shape index (κ3) is 4.21. The van der Waals surface area contributed by atoms with Crippen LogP contribution in [0.4, 0.5) is 4.79 Å². The van der Waals surface area contributed by atoms with E-state index < -0.39 is 0 Å². The molecule has 1 amide bonds. The Balaban J connectivity index is 1.55. The van der Waals surface area contributed by atoms with E-state index >= 15 is 0 Å². The monoisotopic (exact) mass is 440 g/mol. The summed E-state index contributed by atoms with van der Waals surface area (Å²) in [5.41, 5.74) is 8.22. The molecule has 0 bridgehead atoms. The summed E-state index contributed by atoms with van der Waals surface area (Å²) in [6, 6.07) is 14.9. The van der Waals surface area contributed by atoms with Gasteiger partial charge in [0, 0.05) is 71.5 Å². The topological polar surface area (TPSA) is 60.2 Å². The molecule has 0 N–H and O–H groups in total. The lowest BCUT2D eigenvalue weighted by atomic mass is 10.0. The van der Waals surface area contributed by atoms with Crippen molar-refractivity contribution in [2.75, 3.05) is 13.2 Å². The van der Waals surface area contributed by atoms with Crippen molar-refractivity contribution in [3.8, 4) is 11.1 Å². The molecule has 0 unspecified atom stereocenters. The maximum atomic E-state index is 12.5. The number of amides is 1. The number of carbonyl (C=O) groups excluding carboxylic acids is 1. The lowest BCUT2D eigenvalue weighted by molar-refractivity contribution is 0.102. The van der Waals surface area contributed by atoms with E-state index in [0.29, 0.717) is 19.7 Å². The van der Waals surface area contributed by atoms with Gasteiger partial charge in [-0.15, -0.1) is 0 Å². The maximum absolute atomic E-state index is 12.5. The van der Waals surface area contributed by atoms with Gasteiger partial charge in [0.15, 0.2) is 0 Å². The predicted molar refractivity (Wildman–Crippen MR) is 129 cm³/mol. The summed E-state index contributed by atoms with van der Waals surface area (Å²) in [4.78, 5) is 23.0. The van der Waals surface area contributed by atoms with Crippen molar-refractivity contribution in [2.24, 2.45) is 0 Å². The highest BCUT2D eigenvalue weighted by Gasteiger charge is 2.27. The largest absolute Gasteiger partial charge is 0.450 e. The Morgan fingerprint density at radius 2 is 2.03 bits per heavy atom. The van der Waals surface area contributed by atoms with Crippen molar-refractivity contribution in [3.63, 3.8) is 0 Å². The van der Waals surface area contributed by atoms with Crippen LogP contribution in [0.3, 0.4) is 0 Å². The number of hydrogen-bond donors (Lipinski definition) is 0. The summed E-state index contributed by atoms with van der Waals surface area (Å²) >= 11 is 0. The van der Waals surface area contributed by atoms with Crippen LogP contribution in [-0.2, 0) is 30.7 Å². The van der Waals surface area contributed by atoms with Gasteiger partial charge in [0.05, 0.1) is 13.2 Å². The van der Waals surface area contributed by atoms with Crippen molar-refractivity contribution in [1.29, 1.82) is 0 Å². The first-order chi connectivity index (χ1) is 16.1. The molecule has 0 radical (unpaired) electrons. The first-order valence-electron chi connectivity index (χ1n) is 11.5. The fraction of sp³-hybridized carbons (Fsp3) is 0.296.